The average molecular weight is 341 g/mol. The minimum Gasteiger partial charge on any atom is -0.481 e. The Morgan fingerprint density at radius 2 is 2.08 bits per heavy atom. The lowest BCUT2D eigenvalue weighted by molar-refractivity contribution is -0.139. The van der Waals surface area contributed by atoms with Crippen LogP contribution in [0, 0.1) is 11.6 Å². The third kappa shape index (κ3) is 5.26. The van der Waals surface area contributed by atoms with Crippen molar-refractivity contribution in [2.45, 2.75) is 38.2 Å². The van der Waals surface area contributed by atoms with E-state index in [1.807, 2.05) is 0 Å². The molecular formula is C17H21F2NO4. The molecule has 24 heavy (non-hydrogen) atoms. The lowest BCUT2D eigenvalue weighted by Gasteiger charge is -2.25. The summed E-state index contributed by atoms with van der Waals surface area (Å²) < 4.78 is 32.3. The van der Waals surface area contributed by atoms with Crippen LogP contribution in [0.1, 0.15) is 31.2 Å². The fourth-order valence-electron chi connectivity index (χ4n) is 2.72. The fraction of sp³-hybridized carbons (Fsp3) is 0.529. The number of aliphatic carboxylic acids is 1. The monoisotopic (exact) mass is 341 g/mol. The van der Waals surface area contributed by atoms with E-state index in [4.69, 9.17) is 9.84 Å². The topological polar surface area (TPSA) is 66.8 Å². The summed E-state index contributed by atoms with van der Waals surface area (Å²) in [6.45, 7) is 1.05. The number of nitrogens with zero attached hydrogens (tertiary/aromatic N) is 1. The van der Waals surface area contributed by atoms with Crippen LogP contribution in [0.15, 0.2) is 18.2 Å². The molecule has 7 heteroatoms. The van der Waals surface area contributed by atoms with Gasteiger partial charge in [-0.3, -0.25) is 9.59 Å². The molecule has 0 aliphatic carbocycles. The van der Waals surface area contributed by atoms with Gasteiger partial charge in [0, 0.05) is 26.1 Å². The SMILES string of the molecule is O=C(O)CCN(C[C@H]1CCCO1)C(=O)CCc1cccc(F)c1F. The minimum absolute atomic E-state index is 0.00723. The molecule has 0 unspecified atom stereocenters. The van der Waals surface area contributed by atoms with E-state index in [2.05, 4.69) is 0 Å². The van der Waals surface area contributed by atoms with Gasteiger partial charge < -0.3 is 14.7 Å². The van der Waals surface area contributed by atoms with Crippen molar-refractivity contribution in [3.8, 4) is 0 Å². The van der Waals surface area contributed by atoms with E-state index in [1.54, 1.807) is 0 Å². The number of carbonyl (C=O) groups excluding carboxylic acids is 1. The van der Waals surface area contributed by atoms with Gasteiger partial charge in [0.05, 0.1) is 12.5 Å². The molecule has 1 aromatic carbocycles. The number of carbonyl (C=O) groups is 2. The first kappa shape index (κ1) is 18.3. The smallest absolute Gasteiger partial charge is 0.305 e. The van der Waals surface area contributed by atoms with E-state index in [9.17, 15) is 18.4 Å². The molecule has 1 amide bonds. The second-order valence-corrected chi connectivity index (χ2v) is 5.83. The van der Waals surface area contributed by atoms with E-state index in [0.29, 0.717) is 13.2 Å². The van der Waals surface area contributed by atoms with Gasteiger partial charge in [-0.1, -0.05) is 12.1 Å². The molecular weight excluding hydrogens is 320 g/mol. The third-order valence-corrected chi connectivity index (χ3v) is 4.04. The van der Waals surface area contributed by atoms with Crippen LogP contribution in [-0.4, -0.2) is 47.7 Å². The summed E-state index contributed by atoms with van der Waals surface area (Å²) in [7, 11) is 0. The predicted molar refractivity (Wildman–Crippen MR) is 82.5 cm³/mol. The summed E-state index contributed by atoms with van der Waals surface area (Å²) in [5.41, 5.74) is 0.138. The summed E-state index contributed by atoms with van der Waals surface area (Å²) in [6.07, 6.45) is 1.56. The van der Waals surface area contributed by atoms with Crippen molar-refractivity contribution in [1.29, 1.82) is 0 Å². The van der Waals surface area contributed by atoms with Crippen LogP contribution in [0.25, 0.3) is 0 Å². The van der Waals surface area contributed by atoms with Crippen LogP contribution in [0.2, 0.25) is 0 Å². The van der Waals surface area contributed by atoms with E-state index < -0.39 is 17.6 Å². The third-order valence-electron chi connectivity index (χ3n) is 4.04. The number of hydrogen-bond donors (Lipinski definition) is 1. The van der Waals surface area contributed by atoms with Gasteiger partial charge in [-0.2, -0.15) is 0 Å². The number of amides is 1. The van der Waals surface area contributed by atoms with Crippen molar-refractivity contribution in [3.63, 3.8) is 0 Å². The summed E-state index contributed by atoms with van der Waals surface area (Å²) >= 11 is 0. The summed E-state index contributed by atoms with van der Waals surface area (Å²) in [5, 5.41) is 8.82. The highest BCUT2D eigenvalue weighted by molar-refractivity contribution is 5.77. The van der Waals surface area contributed by atoms with E-state index in [-0.39, 0.29) is 43.4 Å². The Bertz CT molecular complexity index is 588. The number of carboxylic acids is 1. The Morgan fingerprint density at radius 1 is 1.29 bits per heavy atom. The largest absolute Gasteiger partial charge is 0.481 e. The first-order valence-electron chi connectivity index (χ1n) is 8.01. The fourth-order valence-corrected chi connectivity index (χ4v) is 2.72. The van der Waals surface area contributed by atoms with Crippen molar-refractivity contribution in [1.82, 2.24) is 4.90 Å². The molecule has 0 aromatic heterocycles. The van der Waals surface area contributed by atoms with Crippen LogP contribution < -0.4 is 0 Å². The van der Waals surface area contributed by atoms with Crippen LogP contribution in [0.4, 0.5) is 8.78 Å². The maximum absolute atomic E-state index is 13.6. The zero-order valence-electron chi connectivity index (χ0n) is 13.3. The molecule has 0 saturated carbocycles. The molecule has 1 atom stereocenters. The number of rotatable bonds is 8. The normalized spacial score (nSPS) is 17.0. The van der Waals surface area contributed by atoms with Gasteiger partial charge in [0.25, 0.3) is 0 Å². The first-order chi connectivity index (χ1) is 11.5. The molecule has 1 aliphatic heterocycles. The Balaban J connectivity index is 1.94. The molecule has 1 N–H and O–H groups in total. The molecule has 0 radical (unpaired) electrons. The molecule has 2 rings (SSSR count). The van der Waals surface area contributed by atoms with Crippen molar-refractivity contribution in [2.75, 3.05) is 19.7 Å². The number of aryl methyl sites for hydroxylation is 1. The Kier molecular flexibility index (Phi) is 6.66. The van der Waals surface area contributed by atoms with Crippen LogP contribution in [0.3, 0.4) is 0 Å². The number of ether oxygens (including phenoxy) is 1. The van der Waals surface area contributed by atoms with Gasteiger partial charge in [-0.15, -0.1) is 0 Å². The predicted octanol–water partition coefficient (Wildman–Crippen LogP) is 2.38. The number of carboxylic acid groups (broad SMARTS) is 1. The van der Waals surface area contributed by atoms with Crippen molar-refractivity contribution < 1.29 is 28.2 Å². The second kappa shape index (κ2) is 8.73. The molecule has 5 nitrogen and oxygen atoms in total. The first-order valence-corrected chi connectivity index (χ1v) is 8.01. The second-order valence-electron chi connectivity index (χ2n) is 5.83. The van der Waals surface area contributed by atoms with E-state index in [1.165, 1.54) is 17.0 Å². The summed E-state index contributed by atoms with van der Waals surface area (Å²) in [4.78, 5) is 24.6. The Hall–Kier alpha value is -2.02. The lowest BCUT2D eigenvalue weighted by atomic mass is 10.1. The highest BCUT2D eigenvalue weighted by Crippen LogP contribution is 2.16. The van der Waals surface area contributed by atoms with Crippen molar-refractivity contribution in [2.24, 2.45) is 0 Å². The molecule has 1 aliphatic rings. The van der Waals surface area contributed by atoms with Crippen LogP contribution >= 0.6 is 0 Å². The minimum atomic E-state index is -0.990. The van der Waals surface area contributed by atoms with Crippen LogP contribution in [-0.2, 0) is 20.7 Å². The molecule has 0 spiro atoms. The van der Waals surface area contributed by atoms with Crippen LogP contribution in [0.5, 0.6) is 0 Å². The highest BCUT2D eigenvalue weighted by atomic mass is 19.2. The number of hydrogen-bond acceptors (Lipinski definition) is 3. The highest BCUT2D eigenvalue weighted by Gasteiger charge is 2.23. The lowest BCUT2D eigenvalue weighted by Crippen LogP contribution is -2.39. The van der Waals surface area contributed by atoms with Crippen molar-refractivity contribution >= 4 is 11.9 Å². The van der Waals surface area contributed by atoms with Gasteiger partial charge in [0.2, 0.25) is 5.91 Å². The average Bonchev–Trinajstić information content (AvgIpc) is 3.05. The van der Waals surface area contributed by atoms with Gasteiger partial charge >= 0.3 is 5.97 Å². The maximum atomic E-state index is 13.6. The standard InChI is InChI=1S/C17H21F2NO4/c18-14-5-1-3-12(17(14)19)6-7-15(21)20(9-8-16(22)23)11-13-4-2-10-24-13/h1,3,5,13H,2,4,6-11H2,(H,22,23)/t13-/m1/s1. The Morgan fingerprint density at radius 3 is 2.75 bits per heavy atom. The number of benzene rings is 1. The quantitative estimate of drug-likeness (QED) is 0.788. The number of halogens is 2. The summed E-state index contributed by atoms with van der Waals surface area (Å²) in [5.74, 6) is -3.16. The maximum Gasteiger partial charge on any atom is 0.305 e. The van der Waals surface area contributed by atoms with Gasteiger partial charge in [0.15, 0.2) is 11.6 Å². The molecule has 0 bridgehead atoms. The molecule has 1 heterocycles. The Labute approximate surface area is 139 Å². The van der Waals surface area contributed by atoms with Gasteiger partial charge in [0.1, 0.15) is 0 Å². The summed E-state index contributed by atoms with van der Waals surface area (Å²) in [6, 6.07) is 3.86. The van der Waals surface area contributed by atoms with E-state index >= 15 is 0 Å². The van der Waals surface area contributed by atoms with Gasteiger partial charge in [-0.25, -0.2) is 8.78 Å². The molecule has 1 fully saturated rings. The van der Waals surface area contributed by atoms with E-state index in [0.717, 1.165) is 18.9 Å². The molecule has 132 valence electrons. The van der Waals surface area contributed by atoms with Gasteiger partial charge in [-0.05, 0) is 30.9 Å². The molecule has 1 aromatic rings. The zero-order chi connectivity index (χ0) is 17.5. The zero-order valence-corrected chi connectivity index (χ0v) is 13.3. The molecule has 1 saturated heterocycles. The van der Waals surface area contributed by atoms with Crippen molar-refractivity contribution in [3.05, 3.63) is 35.4 Å².